The van der Waals surface area contributed by atoms with Crippen LogP contribution in [0.5, 0.6) is 0 Å². The maximum atomic E-state index is 12.1. The van der Waals surface area contributed by atoms with Gasteiger partial charge in [0.25, 0.3) is 0 Å². The molecule has 116 valence electrons. The number of ether oxygens (including phenoxy) is 1. The first-order valence-corrected chi connectivity index (χ1v) is 7.78. The number of carbonyl (C=O) groups is 2. The maximum Gasteiger partial charge on any atom is 0.350 e. The molecule has 1 aromatic heterocycles. The van der Waals surface area contributed by atoms with Gasteiger partial charge in [-0.05, 0) is 24.6 Å². The van der Waals surface area contributed by atoms with E-state index < -0.39 is 5.97 Å². The van der Waals surface area contributed by atoms with Crippen LogP contribution >= 0.6 is 34.5 Å². The second-order valence-corrected chi connectivity index (χ2v) is 6.16. The minimum Gasteiger partial charge on any atom is -0.465 e. The number of methoxy groups -OCH3 is 1. The molecule has 0 aliphatic heterocycles. The first-order valence-electron chi connectivity index (χ1n) is 6.21. The lowest BCUT2D eigenvalue weighted by Crippen LogP contribution is -2.14. The zero-order valence-electron chi connectivity index (χ0n) is 11.8. The van der Waals surface area contributed by atoms with Crippen molar-refractivity contribution in [2.45, 2.75) is 13.3 Å². The minimum atomic E-state index is -0.482. The fraction of sp³-hybridized carbons (Fsp3) is 0.214. The molecular weight excluding hydrogens is 347 g/mol. The van der Waals surface area contributed by atoms with E-state index in [1.165, 1.54) is 7.11 Å². The zero-order chi connectivity index (χ0) is 16.3. The lowest BCUT2D eigenvalue weighted by Gasteiger charge is -2.06. The van der Waals surface area contributed by atoms with Crippen molar-refractivity contribution in [3.63, 3.8) is 0 Å². The predicted molar refractivity (Wildman–Crippen MR) is 87.0 cm³/mol. The number of benzene rings is 1. The third kappa shape index (κ3) is 3.76. The monoisotopic (exact) mass is 358 g/mol. The summed E-state index contributed by atoms with van der Waals surface area (Å²) in [6, 6.07) is 5.04. The first-order chi connectivity index (χ1) is 10.4. The smallest absolute Gasteiger partial charge is 0.350 e. The summed E-state index contributed by atoms with van der Waals surface area (Å²) in [4.78, 5) is 28.1. The van der Waals surface area contributed by atoms with Crippen LogP contribution in [0.1, 0.15) is 20.9 Å². The number of thiazole rings is 1. The molecule has 1 N–H and O–H groups in total. The summed E-state index contributed by atoms with van der Waals surface area (Å²) in [6.45, 7) is 1.67. The predicted octanol–water partition coefficient (Wildman–Crippen LogP) is 3.73. The average molecular weight is 359 g/mol. The summed E-state index contributed by atoms with van der Waals surface area (Å²) >= 11 is 13.1. The van der Waals surface area contributed by atoms with Crippen LogP contribution in [0.25, 0.3) is 0 Å². The molecule has 0 unspecified atom stereocenters. The van der Waals surface area contributed by atoms with E-state index in [0.717, 1.165) is 11.3 Å². The molecule has 0 saturated carbocycles. The van der Waals surface area contributed by atoms with E-state index in [1.54, 1.807) is 25.1 Å². The standard InChI is InChI=1S/C14H12Cl2N2O3S/c1-7-12(13(20)21-2)22-14(17-7)18-11(19)6-8-9(15)4-3-5-10(8)16/h3-5H,6H2,1-2H3,(H,17,18,19). The molecule has 8 heteroatoms. The van der Waals surface area contributed by atoms with Crippen LogP contribution in [0.15, 0.2) is 18.2 Å². The molecule has 0 spiro atoms. The number of aryl methyl sites for hydroxylation is 1. The van der Waals surface area contributed by atoms with Crippen molar-refractivity contribution in [1.29, 1.82) is 0 Å². The van der Waals surface area contributed by atoms with Crippen LogP contribution < -0.4 is 5.32 Å². The molecule has 0 fully saturated rings. The first kappa shape index (κ1) is 16.7. The van der Waals surface area contributed by atoms with Crippen molar-refractivity contribution >= 4 is 51.5 Å². The van der Waals surface area contributed by atoms with Crippen LogP contribution in [-0.2, 0) is 16.0 Å². The number of amides is 1. The summed E-state index contributed by atoms with van der Waals surface area (Å²) in [5, 5.41) is 3.80. The second kappa shape index (κ2) is 7.09. The fourth-order valence-electron chi connectivity index (χ4n) is 1.76. The van der Waals surface area contributed by atoms with Gasteiger partial charge in [-0.25, -0.2) is 9.78 Å². The van der Waals surface area contributed by atoms with E-state index in [2.05, 4.69) is 15.0 Å². The summed E-state index contributed by atoms with van der Waals surface area (Å²) < 4.78 is 4.65. The zero-order valence-corrected chi connectivity index (χ0v) is 14.1. The Morgan fingerprint density at radius 2 is 1.95 bits per heavy atom. The van der Waals surface area contributed by atoms with Gasteiger partial charge in [0.1, 0.15) is 4.88 Å². The molecule has 0 radical (unpaired) electrons. The molecule has 1 aromatic carbocycles. The average Bonchev–Trinajstić information content (AvgIpc) is 2.83. The quantitative estimate of drug-likeness (QED) is 0.845. The Labute approximate surface area is 141 Å². The van der Waals surface area contributed by atoms with Gasteiger partial charge in [0, 0.05) is 10.0 Å². The summed E-state index contributed by atoms with van der Waals surface area (Å²) in [7, 11) is 1.29. The van der Waals surface area contributed by atoms with Crippen LogP contribution in [0, 0.1) is 6.92 Å². The topological polar surface area (TPSA) is 68.3 Å². The van der Waals surface area contributed by atoms with Crippen molar-refractivity contribution in [3.05, 3.63) is 44.4 Å². The molecule has 2 rings (SSSR count). The molecule has 2 aromatic rings. The van der Waals surface area contributed by atoms with Gasteiger partial charge in [-0.15, -0.1) is 0 Å². The highest BCUT2D eigenvalue weighted by Crippen LogP contribution is 2.26. The highest BCUT2D eigenvalue weighted by Gasteiger charge is 2.18. The Morgan fingerprint density at radius 3 is 2.55 bits per heavy atom. The van der Waals surface area contributed by atoms with Crippen LogP contribution in [0.2, 0.25) is 10.0 Å². The number of aromatic nitrogens is 1. The number of hydrogen-bond donors (Lipinski definition) is 1. The van der Waals surface area contributed by atoms with Gasteiger partial charge in [0.05, 0.1) is 19.2 Å². The van der Waals surface area contributed by atoms with Gasteiger partial charge >= 0.3 is 5.97 Å². The molecule has 1 heterocycles. The molecule has 0 bridgehead atoms. The SMILES string of the molecule is COC(=O)c1sc(NC(=O)Cc2c(Cl)cccc2Cl)nc1C. The van der Waals surface area contributed by atoms with Crippen LogP contribution in [-0.4, -0.2) is 24.0 Å². The number of nitrogens with zero attached hydrogens (tertiary/aromatic N) is 1. The largest absolute Gasteiger partial charge is 0.465 e. The Morgan fingerprint density at radius 1 is 1.32 bits per heavy atom. The molecule has 0 aliphatic carbocycles. The van der Waals surface area contributed by atoms with Crippen LogP contribution in [0.4, 0.5) is 5.13 Å². The third-order valence-corrected chi connectivity index (χ3v) is 4.57. The summed E-state index contributed by atoms with van der Waals surface area (Å²) in [5.74, 6) is -0.801. The van der Waals surface area contributed by atoms with E-state index >= 15 is 0 Å². The van der Waals surface area contributed by atoms with Crippen molar-refractivity contribution in [1.82, 2.24) is 4.98 Å². The minimum absolute atomic E-state index is 0.0185. The van der Waals surface area contributed by atoms with Crippen molar-refractivity contribution in [3.8, 4) is 0 Å². The number of rotatable bonds is 4. The molecule has 0 atom stereocenters. The molecule has 0 aliphatic rings. The van der Waals surface area contributed by atoms with Gasteiger partial charge in [0.2, 0.25) is 5.91 Å². The lowest BCUT2D eigenvalue weighted by molar-refractivity contribution is -0.115. The number of halogens is 2. The fourth-order valence-corrected chi connectivity index (χ4v) is 3.19. The van der Waals surface area contributed by atoms with E-state index in [4.69, 9.17) is 23.2 Å². The molecule has 5 nitrogen and oxygen atoms in total. The molecule has 0 saturated heterocycles. The molecule has 22 heavy (non-hydrogen) atoms. The van der Waals surface area contributed by atoms with Crippen molar-refractivity contribution in [2.24, 2.45) is 0 Å². The van der Waals surface area contributed by atoms with Gasteiger partial charge in [-0.3, -0.25) is 4.79 Å². The van der Waals surface area contributed by atoms with E-state index in [0.29, 0.717) is 31.3 Å². The van der Waals surface area contributed by atoms with Gasteiger partial charge in [-0.1, -0.05) is 40.6 Å². The van der Waals surface area contributed by atoms with Gasteiger partial charge in [-0.2, -0.15) is 0 Å². The Kier molecular flexibility index (Phi) is 5.39. The summed E-state index contributed by atoms with van der Waals surface area (Å²) in [5.41, 5.74) is 1.05. The lowest BCUT2D eigenvalue weighted by atomic mass is 10.1. The Bertz CT molecular complexity index is 711. The highest BCUT2D eigenvalue weighted by atomic mass is 35.5. The number of hydrogen-bond acceptors (Lipinski definition) is 5. The van der Waals surface area contributed by atoms with E-state index in [-0.39, 0.29) is 12.3 Å². The maximum absolute atomic E-state index is 12.1. The normalized spacial score (nSPS) is 10.4. The molecular formula is C14H12Cl2N2O3S. The van der Waals surface area contributed by atoms with Gasteiger partial charge < -0.3 is 10.1 Å². The number of nitrogens with one attached hydrogen (secondary N) is 1. The number of carbonyl (C=O) groups excluding carboxylic acids is 2. The molecule has 1 amide bonds. The Balaban J connectivity index is 2.11. The number of anilines is 1. The van der Waals surface area contributed by atoms with E-state index in [1.807, 2.05) is 0 Å². The van der Waals surface area contributed by atoms with Crippen molar-refractivity contribution in [2.75, 3.05) is 12.4 Å². The van der Waals surface area contributed by atoms with E-state index in [9.17, 15) is 9.59 Å². The summed E-state index contributed by atoms with van der Waals surface area (Å²) in [6.07, 6.45) is 0.0185. The van der Waals surface area contributed by atoms with Crippen LogP contribution in [0.3, 0.4) is 0 Å². The highest BCUT2D eigenvalue weighted by molar-refractivity contribution is 7.17. The third-order valence-electron chi connectivity index (χ3n) is 2.81. The van der Waals surface area contributed by atoms with Crippen molar-refractivity contribution < 1.29 is 14.3 Å². The Hall–Kier alpha value is -1.63. The van der Waals surface area contributed by atoms with Gasteiger partial charge in [0.15, 0.2) is 5.13 Å². The number of esters is 1. The second-order valence-electron chi connectivity index (χ2n) is 4.35.